The number of aliphatic imine (C=N–C) groups is 1. The standard InChI is InChI=1S/C21H25FN2O2/c1-6-24(5)13-23-20-11-15(3)19(10-16(20)4)21(25)26-12-17-7-8-18(22)9-14(17)2/h7-11,13H,6,12H2,1-5H3. The van der Waals surface area contributed by atoms with Gasteiger partial charge in [0.15, 0.2) is 0 Å². The molecule has 2 rings (SSSR count). The fourth-order valence-electron chi connectivity index (χ4n) is 2.44. The van der Waals surface area contributed by atoms with Gasteiger partial charge in [-0.25, -0.2) is 14.2 Å². The second-order valence-corrected chi connectivity index (χ2v) is 6.42. The summed E-state index contributed by atoms with van der Waals surface area (Å²) in [4.78, 5) is 18.9. The summed E-state index contributed by atoms with van der Waals surface area (Å²) in [6.07, 6.45) is 1.77. The van der Waals surface area contributed by atoms with Crippen molar-refractivity contribution in [2.24, 2.45) is 4.99 Å². The molecule has 0 unspecified atom stereocenters. The first kappa shape index (κ1) is 19.6. The SMILES string of the molecule is CCN(C)C=Nc1cc(C)c(C(=O)OCc2ccc(F)cc2C)cc1C. The number of ether oxygens (including phenoxy) is 1. The Morgan fingerprint density at radius 2 is 1.88 bits per heavy atom. The molecule has 0 bridgehead atoms. The smallest absolute Gasteiger partial charge is 0.338 e. The molecule has 2 aromatic rings. The van der Waals surface area contributed by atoms with Gasteiger partial charge in [0.05, 0.1) is 17.6 Å². The van der Waals surface area contributed by atoms with Gasteiger partial charge in [-0.3, -0.25) is 0 Å². The Labute approximate surface area is 154 Å². The summed E-state index contributed by atoms with van der Waals surface area (Å²) in [6.45, 7) is 8.61. The minimum atomic E-state index is -0.393. The van der Waals surface area contributed by atoms with E-state index < -0.39 is 5.97 Å². The van der Waals surface area contributed by atoms with Crippen LogP contribution < -0.4 is 0 Å². The molecule has 0 aliphatic rings. The molecule has 5 heteroatoms. The Balaban J connectivity index is 2.13. The van der Waals surface area contributed by atoms with Gasteiger partial charge in [-0.1, -0.05) is 6.07 Å². The second-order valence-electron chi connectivity index (χ2n) is 6.42. The number of halogens is 1. The lowest BCUT2D eigenvalue weighted by molar-refractivity contribution is 0.0471. The van der Waals surface area contributed by atoms with Gasteiger partial charge >= 0.3 is 5.97 Å². The highest BCUT2D eigenvalue weighted by Crippen LogP contribution is 2.24. The maximum absolute atomic E-state index is 13.2. The van der Waals surface area contributed by atoms with Crippen LogP contribution in [0.4, 0.5) is 10.1 Å². The number of carbonyl (C=O) groups is 1. The minimum Gasteiger partial charge on any atom is -0.457 e. The summed E-state index contributed by atoms with van der Waals surface area (Å²) in [5.41, 5.74) is 4.61. The van der Waals surface area contributed by atoms with Crippen LogP contribution in [0.3, 0.4) is 0 Å². The highest BCUT2D eigenvalue weighted by Gasteiger charge is 2.14. The molecule has 0 heterocycles. The van der Waals surface area contributed by atoms with Crippen LogP contribution in [-0.2, 0) is 11.3 Å². The molecule has 138 valence electrons. The fraction of sp³-hybridized carbons (Fsp3) is 0.333. The number of rotatable bonds is 6. The van der Waals surface area contributed by atoms with Crippen molar-refractivity contribution in [3.63, 3.8) is 0 Å². The summed E-state index contributed by atoms with van der Waals surface area (Å²) in [5, 5.41) is 0. The van der Waals surface area contributed by atoms with Gasteiger partial charge in [0.1, 0.15) is 12.4 Å². The first-order valence-electron chi connectivity index (χ1n) is 8.59. The second kappa shape index (κ2) is 8.61. The molecule has 0 radical (unpaired) electrons. The van der Waals surface area contributed by atoms with E-state index in [4.69, 9.17) is 4.74 Å². The quantitative estimate of drug-likeness (QED) is 0.427. The van der Waals surface area contributed by atoms with Crippen LogP contribution in [0.5, 0.6) is 0 Å². The van der Waals surface area contributed by atoms with Crippen molar-refractivity contribution in [3.05, 3.63) is 64.0 Å². The van der Waals surface area contributed by atoms with E-state index in [1.165, 1.54) is 12.1 Å². The van der Waals surface area contributed by atoms with Gasteiger partial charge in [0.2, 0.25) is 0 Å². The largest absolute Gasteiger partial charge is 0.457 e. The molecular weight excluding hydrogens is 331 g/mol. The summed E-state index contributed by atoms with van der Waals surface area (Å²) in [7, 11) is 1.95. The van der Waals surface area contributed by atoms with Gasteiger partial charge in [0.25, 0.3) is 0 Å². The Hall–Kier alpha value is -2.69. The van der Waals surface area contributed by atoms with E-state index in [0.717, 1.165) is 34.5 Å². The molecular formula is C21H25FN2O2. The Kier molecular flexibility index (Phi) is 6.50. The molecule has 0 atom stereocenters. The van der Waals surface area contributed by atoms with Gasteiger partial charge in [-0.05, 0) is 74.2 Å². The molecule has 0 spiro atoms. The van der Waals surface area contributed by atoms with Crippen LogP contribution in [0.15, 0.2) is 35.3 Å². The Bertz CT molecular complexity index is 831. The molecule has 26 heavy (non-hydrogen) atoms. The average molecular weight is 356 g/mol. The number of aryl methyl sites for hydroxylation is 3. The summed E-state index contributed by atoms with van der Waals surface area (Å²) in [6, 6.07) is 8.12. The lowest BCUT2D eigenvalue weighted by Crippen LogP contribution is -2.14. The summed E-state index contributed by atoms with van der Waals surface area (Å²) in [5.74, 6) is -0.690. The zero-order valence-electron chi connectivity index (χ0n) is 16.0. The molecule has 0 fully saturated rings. The zero-order chi connectivity index (χ0) is 19.3. The molecule has 4 nitrogen and oxygen atoms in total. The maximum Gasteiger partial charge on any atom is 0.338 e. The zero-order valence-corrected chi connectivity index (χ0v) is 16.0. The molecule has 0 aromatic heterocycles. The predicted molar refractivity (Wildman–Crippen MR) is 103 cm³/mol. The lowest BCUT2D eigenvalue weighted by atomic mass is 10.0. The molecule has 0 N–H and O–H groups in total. The molecule has 0 aliphatic carbocycles. The van der Waals surface area contributed by atoms with Crippen molar-refractivity contribution in [3.8, 4) is 0 Å². The van der Waals surface area contributed by atoms with Crippen LogP contribution in [0.1, 0.15) is 39.5 Å². The van der Waals surface area contributed by atoms with E-state index in [1.807, 2.05) is 38.8 Å². The van der Waals surface area contributed by atoms with E-state index in [1.54, 1.807) is 25.4 Å². The van der Waals surface area contributed by atoms with Crippen molar-refractivity contribution < 1.29 is 13.9 Å². The van der Waals surface area contributed by atoms with E-state index in [0.29, 0.717) is 5.56 Å². The van der Waals surface area contributed by atoms with Gasteiger partial charge in [-0.2, -0.15) is 0 Å². The van der Waals surface area contributed by atoms with Gasteiger partial charge in [0, 0.05) is 13.6 Å². The third kappa shape index (κ3) is 4.91. The van der Waals surface area contributed by atoms with Crippen LogP contribution in [0.25, 0.3) is 0 Å². The Morgan fingerprint density at radius 3 is 2.54 bits per heavy atom. The number of benzene rings is 2. The van der Waals surface area contributed by atoms with E-state index in [2.05, 4.69) is 4.99 Å². The Morgan fingerprint density at radius 1 is 1.15 bits per heavy atom. The number of carbonyl (C=O) groups excluding carboxylic acids is 1. The minimum absolute atomic E-state index is 0.116. The van der Waals surface area contributed by atoms with E-state index in [9.17, 15) is 9.18 Å². The lowest BCUT2D eigenvalue weighted by Gasteiger charge is -2.12. The van der Waals surface area contributed by atoms with E-state index in [-0.39, 0.29) is 12.4 Å². The van der Waals surface area contributed by atoms with E-state index >= 15 is 0 Å². The van der Waals surface area contributed by atoms with Crippen molar-refractivity contribution in [2.45, 2.75) is 34.3 Å². The first-order chi connectivity index (χ1) is 12.3. The third-order valence-electron chi connectivity index (χ3n) is 4.32. The number of hydrogen-bond donors (Lipinski definition) is 0. The normalized spacial score (nSPS) is 11.0. The van der Waals surface area contributed by atoms with Gasteiger partial charge < -0.3 is 9.64 Å². The molecule has 0 amide bonds. The number of esters is 1. The van der Waals surface area contributed by atoms with Crippen LogP contribution in [0, 0.1) is 26.6 Å². The highest BCUT2D eigenvalue weighted by molar-refractivity contribution is 5.92. The predicted octanol–water partition coefficient (Wildman–Crippen LogP) is 4.72. The molecule has 0 aliphatic heterocycles. The molecule has 0 saturated carbocycles. The fourth-order valence-corrected chi connectivity index (χ4v) is 2.44. The average Bonchev–Trinajstić information content (AvgIpc) is 2.60. The monoisotopic (exact) mass is 356 g/mol. The molecule has 0 saturated heterocycles. The summed E-state index contributed by atoms with van der Waals surface area (Å²) < 4.78 is 18.6. The van der Waals surface area contributed by atoms with Crippen LogP contribution >= 0.6 is 0 Å². The number of nitrogens with zero attached hydrogens (tertiary/aromatic N) is 2. The van der Waals surface area contributed by atoms with Crippen molar-refractivity contribution in [1.82, 2.24) is 4.90 Å². The summed E-state index contributed by atoms with van der Waals surface area (Å²) >= 11 is 0. The van der Waals surface area contributed by atoms with Crippen molar-refractivity contribution in [1.29, 1.82) is 0 Å². The molecule has 2 aromatic carbocycles. The number of hydrogen-bond acceptors (Lipinski definition) is 3. The first-order valence-corrected chi connectivity index (χ1v) is 8.59. The topological polar surface area (TPSA) is 41.9 Å². The van der Waals surface area contributed by atoms with Crippen molar-refractivity contribution >= 4 is 18.0 Å². The van der Waals surface area contributed by atoms with Crippen LogP contribution in [0.2, 0.25) is 0 Å². The third-order valence-corrected chi connectivity index (χ3v) is 4.32. The highest BCUT2D eigenvalue weighted by atomic mass is 19.1. The van der Waals surface area contributed by atoms with Gasteiger partial charge in [-0.15, -0.1) is 0 Å². The van der Waals surface area contributed by atoms with Crippen molar-refractivity contribution in [2.75, 3.05) is 13.6 Å². The maximum atomic E-state index is 13.2. The van der Waals surface area contributed by atoms with Crippen LogP contribution in [-0.4, -0.2) is 30.8 Å².